The van der Waals surface area contributed by atoms with Crippen LogP contribution in [0, 0.1) is 6.92 Å². The van der Waals surface area contributed by atoms with E-state index in [-0.39, 0.29) is 9.96 Å². The number of benzene rings is 1. The first-order chi connectivity index (χ1) is 11.0. The van der Waals surface area contributed by atoms with Crippen molar-refractivity contribution >= 4 is 33.0 Å². The van der Waals surface area contributed by atoms with Gasteiger partial charge in [-0.25, -0.2) is 9.97 Å². The molecular formula is C15H13N3O3S2. The zero-order valence-electron chi connectivity index (χ0n) is 12.1. The van der Waals surface area contributed by atoms with E-state index in [0.717, 1.165) is 17.0 Å². The smallest absolute Gasteiger partial charge is 0.348 e. The Balaban J connectivity index is 1.80. The lowest BCUT2D eigenvalue weighted by molar-refractivity contribution is 0.488. The Morgan fingerprint density at radius 1 is 1.13 bits per heavy atom. The molecule has 0 spiro atoms. The molecule has 3 rings (SSSR count). The molecule has 0 aliphatic rings. The molecule has 0 saturated heterocycles. The number of hydrogen-bond donors (Lipinski definition) is 1. The van der Waals surface area contributed by atoms with Gasteiger partial charge in [0.1, 0.15) is 17.9 Å². The number of hydrogen-bond acceptors (Lipinski definition) is 7. The zero-order valence-corrected chi connectivity index (χ0v) is 13.8. The van der Waals surface area contributed by atoms with E-state index in [1.807, 2.05) is 6.92 Å². The largest absolute Gasteiger partial charge is 0.378 e. The van der Waals surface area contributed by atoms with Crippen molar-refractivity contribution in [2.75, 3.05) is 5.32 Å². The Bertz CT molecular complexity index is 909. The molecule has 0 atom stereocenters. The molecule has 0 unspecified atom stereocenters. The molecule has 0 aliphatic heterocycles. The molecule has 3 aromatic rings. The summed E-state index contributed by atoms with van der Waals surface area (Å²) in [5.74, 6) is 0.852. The van der Waals surface area contributed by atoms with Crippen molar-refractivity contribution in [2.24, 2.45) is 0 Å². The Morgan fingerprint density at radius 3 is 2.74 bits per heavy atom. The highest BCUT2D eigenvalue weighted by molar-refractivity contribution is 7.89. The Hall–Kier alpha value is -2.45. The molecule has 6 nitrogen and oxygen atoms in total. The van der Waals surface area contributed by atoms with Gasteiger partial charge in [0, 0.05) is 23.5 Å². The van der Waals surface area contributed by atoms with E-state index in [1.54, 1.807) is 41.8 Å². The second-order valence-electron chi connectivity index (χ2n) is 4.67. The van der Waals surface area contributed by atoms with Gasteiger partial charge < -0.3 is 9.50 Å². The second-order valence-corrected chi connectivity index (χ2v) is 7.39. The summed E-state index contributed by atoms with van der Waals surface area (Å²) in [6, 6.07) is 11.6. The van der Waals surface area contributed by atoms with Crippen molar-refractivity contribution in [3.05, 3.63) is 59.9 Å². The van der Waals surface area contributed by atoms with Gasteiger partial charge in [0.25, 0.3) is 0 Å². The Labute approximate surface area is 137 Å². The number of anilines is 2. The number of nitrogens with one attached hydrogen (secondary N) is 1. The van der Waals surface area contributed by atoms with Crippen molar-refractivity contribution in [2.45, 2.75) is 11.1 Å². The average Bonchev–Trinajstić information content (AvgIpc) is 3.02. The monoisotopic (exact) mass is 347 g/mol. The van der Waals surface area contributed by atoms with Crippen LogP contribution in [-0.2, 0) is 10.1 Å². The summed E-state index contributed by atoms with van der Waals surface area (Å²) >= 11 is 1.11. The van der Waals surface area contributed by atoms with Crippen LogP contribution in [0.25, 0.3) is 0 Å². The van der Waals surface area contributed by atoms with Crippen molar-refractivity contribution in [1.82, 2.24) is 9.97 Å². The molecule has 0 radical (unpaired) electrons. The first kappa shape index (κ1) is 15.4. The summed E-state index contributed by atoms with van der Waals surface area (Å²) in [7, 11) is -3.80. The van der Waals surface area contributed by atoms with Crippen LogP contribution >= 0.6 is 11.3 Å². The van der Waals surface area contributed by atoms with Crippen LogP contribution in [0.1, 0.15) is 5.69 Å². The molecular weight excluding hydrogens is 334 g/mol. The normalized spacial score (nSPS) is 11.2. The summed E-state index contributed by atoms with van der Waals surface area (Å²) in [5.41, 5.74) is 1.50. The average molecular weight is 347 g/mol. The topological polar surface area (TPSA) is 81.2 Å². The molecule has 8 heteroatoms. The quantitative estimate of drug-likeness (QED) is 0.713. The van der Waals surface area contributed by atoms with Crippen LogP contribution in [0.15, 0.2) is 58.4 Å². The lowest BCUT2D eigenvalue weighted by atomic mass is 10.3. The summed E-state index contributed by atoms with van der Waals surface area (Å²) < 4.78 is 29.6. The van der Waals surface area contributed by atoms with Crippen molar-refractivity contribution in [1.29, 1.82) is 0 Å². The molecule has 0 aliphatic carbocycles. The molecule has 2 aromatic heterocycles. The van der Waals surface area contributed by atoms with Crippen LogP contribution < -0.4 is 9.50 Å². The highest BCUT2D eigenvalue weighted by Crippen LogP contribution is 2.25. The van der Waals surface area contributed by atoms with Crippen LogP contribution in [0.2, 0.25) is 0 Å². The molecule has 118 valence electrons. The molecule has 0 saturated carbocycles. The van der Waals surface area contributed by atoms with E-state index < -0.39 is 10.1 Å². The predicted octanol–water partition coefficient (Wildman–Crippen LogP) is 3.36. The molecule has 1 aromatic carbocycles. The van der Waals surface area contributed by atoms with Crippen LogP contribution in [-0.4, -0.2) is 18.4 Å². The fourth-order valence-electron chi connectivity index (χ4n) is 1.87. The van der Waals surface area contributed by atoms with Gasteiger partial charge in [-0.05, 0) is 30.5 Å². The first-order valence-corrected chi connectivity index (χ1v) is 8.95. The third-order valence-corrected chi connectivity index (χ3v) is 5.46. The van der Waals surface area contributed by atoms with Gasteiger partial charge in [-0.2, -0.15) is 8.42 Å². The van der Waals surface area contributed by atoms with Crippen molar-refractivity contribution < 1.29 is 12.6 Å². The van der Waals surface area contributed by atoms with Gasteiger partial charge in [-0.3, -0.25) is 0 Å². The highest BCUT2D eigenvalue weighted by Gasteiger charge is 2.17. The van der Waals surface area contributed by atoms with Gasteiger partial charge >= 0.3 is 10.1 Å². The maximum absolute atomic E-state index is 12.1. The molecule has 23 heavy (non-hydrogen) atoms. The van der Waals surface area contributed by atoms with Gasteiger partial charge in [-0.1, -0.05) is 12.1 Å². The molecule has 0 amide bonds. The fraction of sp³-hybridized carbons (Fsp3) is 0.0667. The fourth-order valence-corrected chi connectivity index (χ4v) is 3.74. The molecule has 0 fully saturated rings. The number of nitrogens with zero attached hydrogens (tertiary/aromatic N) is 2. The first-order valence-electron chi connectivity index (χ1n) is 6.67. The third-order valence-electron chi connectivity index (χ3n) is 2.86. The van der Waals surface area contributed by atoms with E-state index in [4.69, 9.17) is 4.18 Å². The van der Waals surface area contributed by atoms with Crippen LogP contribution in [0.5, 0.6) is 5.75 Å². The minimum atomic E-state index is -3.80. The summed E-state index contributed by atoms with van der Waals surface area (Å²) in [4.78, 5) is 8.12. The SMILES string of the molecule is Cc1cc(Nc2cccc(OS(=O)(=O)c3cccs3)c2)ncn1. The Kier molecular flexibility index (Phi) is 4.26. The summed E-state index contributed by atoms with van der Waals surface area (Å²) in [6.45, 7) is 1.86. The predicted molar refractivity (Wildman–Crippen MR) is 88.6 cm³/mol. The van der Waals surface area contributed by atoms with Crippen LogP contribution in [0.3, 0.4) is 0 Å². The summed E-state index contributed by atoms with van der Waals surface area (Å²) in [5, 5.41) is 4.77. The Morgan fingerprint density at radius 2 is 2.00 bits per heavy atom. The zero-order chi connectivity index (χ0) is 16.3. The van der Waals surface area contributed by atoms with E-state index in [2.05, 4.69) is 15.3 Å². The van der Waals surface area contributed by atoms with E-state index in [9.17, 15) is 8.42 Å². The van der Waals surface area contributed by atoms with Gasteiger partial charge in [0.05, 0.1) is 0 Å². The van der Waals surface area contributed by atoms with Gasteiger partial charge in [0.15, 0.2) is 4.21 Å². The third kappa shape index (κ3) is 3.85. The standard InChI is InChI=1S/C15H13N3O3S2/c1-11-8-14(17-10-16-11)18-12-4-2-5-13(9-12)21-23(19,20)15-6-3-7-22-15/h2-10H,1H3,(H,16,17,18). The maximum atomic E-state index is 12.1. The van der Waals surface area contributed by atoms with Crippen LogP contribution in [0.4, 0.5) is 11.5 Å². The van der Waals surface area contributed by atoms with E-state index >= 15 is 0 Å². The molecule has 1 N–H and O–H groups in total. The minimum Gasteiger partial charge on any atom is -0.378 e. The van der Waals surface area contributed by atoms with Gasteiger partial charge in [-0.15, -0.1) is 11.3 Å². The number of rotatable bonds is 5. The van der Waals surface area contributed by atoms with E-state index in [0.29, 0.717) is 11.5 Å². The molecule has 2 heterocycles. The number of aromatic nitrogens is 2. The maximum Gasteiger partial charge on any atom is 0.348 e. The van der Waals surface area contributed by atoms with Crippen molar-refractivity contribution in [3.8, 4) is 5.75 Å². The summed E-state index contributed by atoms with van der Waals surface area (Å²) in [6.07, 6.45) is 1.46. The number of thiophene rings is 1. The lowest BCUT2D eigenvalue weighted by Gasteiger charge is -2.09. The lowest BCUT2D eigenvalue weighted by Crippen LogP contribution is -2.08. The minimum absolute atomic E-state index is 0.169. The van der Waals surface area contributed by atoms with Crippen molar-refractivity contribution in [3.63, 3.8) is 0 Å². The second kappa shape index (κ2) is 6.35. The number of aryl methyl sites for hydroxylation is 1. The van der Waals surface area contributed by atoms with E-state index in [1.165, 1.54) is 12.4 Å². The highest BCUT2D eigenvalue weighted by atomic mass is 32.3. The van der Waals surface area contributed by atoms with Gasteiger partial charge in [0.2, 0.25) is 0 Å². The molecule has 0 bridgehead atoms.